The third-order valence-corrected chi connectivity index (χ3v) is 2.82. The summed E-state index contributed by atoms with van der Waals surface area (Å²) in [4.78, 5) is 12.0. The van der Waals surface area contributed by atoms with E-state index in [4.69, 9.17) is 0 Å². The van der Waals surface area contributed by atoms with Crippen LogP contribution >= 0.6 is 24.8 Å². The van der Waals surface area contributed by atoms with E-state index in [9.17, 15) is 14.5 Å². The van der Waals surface area contributed by atoms with Gasteiger partial charge in [0.15, 0.2) is 0 Å². The SMILES string of the molecule is Cl.Cl.O=[N+]([O-])c1ccc(CN2CCNCC2)cc1F. The number of nitrogens with zero attached hydrogens (tertiary/aromatic N) is 2. The molecule has 0 aliphatic carbocycles. The lowest BCUT2D eigenvalue weighted by Crippen LogP contribution is -2.42. The molecule has 0 aromatic heterocycles. The molecule has 108 valence electrons. The maximum atomic E-state index is 13.4. The number of hydrogen-bond acceptors (Lipinski definition) is 4. The Bertz CT molecular complexity index is 428. The molecule has 1 aromatic carbocycles. The predicted octanol–water partition coefficient (Wildman–Crippen LogP) is 1.98. The second kappa shape index (κ2) is 8.27. The van der Waals surface area contributed by atoms with Crippen molar-refractivity contribution in [2.24, 2.45) is 0 Å². The fourth-order valence-electron chi connectivity index (χ4n) is 1.92. The molecule has 0 bridgehead atoms. The summed E-state index contributed by atoms with van der Waals surface area (Å²) in [6, 6.07) is 4.09. The van der Waals surface area contributed by atoms with Gasteiger partial charge in [-0.05, 0) is 11.6 Å². The summed E-state index contributed by atoms with van der Waals surface area (Å²) in [5, 5.41) is 13.7. The first-order valence-corrected chi connectivity index (χ1v) is 5.53. The van der Waals surface area contributed by atoms with Crippen LogP contribution in [0.2, 0.25) is 0 Å². The van der Waals surface area contributed by atoms with Gasteiger partial charge in [-0.15, -0.1) is 24.8 Å². The molecule has 1 aliphatic rings. The van der Waals surface area contributed by atoms with E-state index in [-0.39, 0.29) is 24.8 Å². The van der Waals surface area contributed by atoms with Gasteiger partial charge < -0.3 is 5.32 Å². The summed E-state index contributed by atoms with van der Waals surface area (Å²) >= 11 is 0. The molecule has 1 saturated heterocycles. The molecule has 1 aliphatic heterocycles. The molecule has 8 heteroatoms. The normalized spacial score (nSPS) is 15.2. The average molecular weight is 312 g/mol. The van der Waals surface area contributed by atoms with Gasteiger partial charge >= 0.3 is 5.69 Å². The Labute approximate surface area is 123 Å². The highest BCUT2D eigenvalue weighted by molar-refractivity contribution is 5.85. The van der Waals surface area contributed by atoms with Crippen molar-refractivity contribution in [2.45, 2.75) is 6.54 Å². The van der Waals surface area contributed by atoms with Crippen LogP contribution in [0.3, 0.4) is 0 Å². The van der Waals surface area contributed by atoms with Gasteiger partial charge in [-0.25, -0.2) is 0 Å². The zero-order chi connectivity index (χ0) is 12.3. The summed E-state index contributed by atoms with van der Waals surface area (Å²) in [5.74, 6) is -0.761. The van der Waals surface area contributed by atoms with Gasteiger partial charge in [0.05, 0.1) is 4.92 Å². The van der Waals surface area contributed by atoms with Crippen molar-refractivity contribution in [3.63, 3.8) is 0 Å². The molecule has 19 heavy (non-hydrogen) atoms. The molecule has 0 spiro atoms. The highest BCUT2D eigenvalue weighted by atomic mass is 35.5. The molecule has 1 fully saturated rings. The van der Waals surface area contributed by atoms with Crippen molar-refractivity contribution in [1.82, 2.24) is 10.2 Å². The van der Waals surface area contributed by atoms with E-state index in [1.807, 2.05) is 0 Å². The molecule has 2 rings (SSSR count). The van der Waals surface area contributed by atoms with Gasteiger partial charge in [0, 0.05) is 38.8 Å². The number of nitro groups is 1. The number of rotatable bonds is 3. The number of nitro benzene ring substituents is 1. The van der Waals surface area contributed by atoms with E-state index < -0.39 is 16.4 Å². The monoisotopic (exact) mass is 311 g/mol. The second-order valence-corrected chi connectivity index (χ2v) is 4.07. The summed E-state index contributed by atoms with van der Waals surface area (Å²) in [7, 11) is 0. The van der Waals surface area contributed by atoms with Gasteiger partial charge in [0.2, 0.25) is 5.82 Å². The van der Waals surface area contributed by atoms with Crippen LogP contribution in [0.15, 0.2) is 18.2 Å². The summed E-state index contributed by atoms with van der Waals surface area (Å²) in [5.41, 5.74) is 0.309. The van der Waals surface area contributed by atoms with Gasteiger partial charge in [0.1, 0.15) is 0 Å². The quantitative estimate of drug-likeness (QED) is 0.685. The highest BCUT2D eigenvalue weighted by Gasteiger charge is 2.15. The molecule has 1 heterocycles. The van der Waals surface area contributed by atoms with Crippen LogP contribution in [0.5, 0.6) is 0 Å². The zero-order valence-corrected chi connectivity index (χ0v) is 11.8. The van der Waals surface area contributed by atoms with Crippen LogP contribution in [-0.4, -0.2) is 36.0 Å². The number of benzene rings is 1. The van der Waals surface area contributed by atoms with E-state index in [0.29, 0.717) is 6.54 Å². The summed E-state index contributed by atoms with van der Waals surface area (Å²) < 4.78 is 13.4. The Morgan fingerprint density at radius 2 is 1.95 bits per heavy atom. The summed E-state index contributed by atoms with van der Waals surface area (Å²) in [6.07, 6.45) is 0. The van der Waals surface area contributed by atoms with E-state index in [2.05, 4.69) is 10.2 Å². The minimum Gasteiger partial charge on any atom is -0.314 e. The third-order valence-electron chi connectivity index (χ3n) is 2.82. The van der Waals surface area contributed by atoms with Crippen LogP contribution in [0.4, 0.5) is 10.1 Å². The Balaban J connectivity index is 0.00000162. The fourth-order valence-corrected chi connectivity index (χ4v) is 1.92. The van der Waals surface area contributed by atoms with Crippen molar-refractivity contribution in [1.29, 1.82) is 0 Å². The standard InChI is InChI=1S/C11H14FN3O2.2ClH/c12-10-7-9(1-2-11(10)15(16)17)8-14-5-3-13-4-6-14;;/h1-2,7,13H,3-6,8H2;2*1H. The molecule has 0 unspecified atom stereocenters. The third kappa shape index (κ3) is 4.91. The minimum atomic E-state index is -0.761. The molecule has 1 aromatic rings. The van der Waals surface area contributed by atoms with Gasteiger partial charge in [-0.1, -0.05) is 6.07 Å². The van der Waals surface area contributed by atoms with Crippen LogP contribution in [0.1, 0.15) is 5.56 Å². The van der Waals surface area contributed by atoms with E-state index in [1.54, 1.807) is 6.07 Å². The number of hydrogen-bond donors (Lipinski definition) is 1. The van der Waals surface area contributed by atoms with Crippen LogP contribution in [0.25, 0.3) is 0 Å². The van der Waals surface area contributed by atoms with Crippen molar-refractivity contribution in [3.05, 3.63) is 39.7 Å². The average Bonchev–Trinajstić information content (AvgIpc) is 2.30. The lowest BCUT2D eigenvalue weighted by Gasteiger charge is -2.27. The van der Waals surface area contributed by atoms with E-state index in [1.165, 1.54) is 12.1 Å². The van der Waals surface area contributed by atoms with E-state index in [0.717, 1.165) is 31.7 Å². The van der Waals surface area contributed by atoms with Crippen LogP contribution in [0, 0.1) is 15.9 Å². The predicted molar refractivity (Wildman–Crippen MR) is 75.7 cm³/mol. The number of nitrogens with one attached hydrogen (secondary N) is 1. The first-order chi connectivity index (χ1) is 8.16. The topological polar surface area (TPSA) is 58.4 Å². The maximum Gasteiger partial charge on any atom is 0.304 e. The number of piperazine rings is 1. The Kier molecular flexibility index (Phi) is 7.85. The fraction of sp³-hybridized carbons (Fsp3) is 0.455. The Morgan fingerprint density at radius 1 is 1.32 bits per heavy atom. The van der Waals surface area contributed by atoms with Crippen molar-refractivity contribution in [3.8, 4) is 0 Å². The molecule has 0 amide bonds. The molecule has 0 atom stereocenters. The molecule has 0 saturated carbocycles. The first-order valence-electron chi connectivity index (χ1n) is 5.53. The molecular weight excluding hydrogens is 296 g/mol. The minimum absolute atomic E-state index is 0. The van der Waals surface area contributed by atoms with Crippen molar-refractivity contribution in [2.75, 3.05) is 26.2 Å². The van der Waals surface area contributed by atoms with E-state index >= 15 is 0 Å². The van der Waals surface area contributed by atoms with Crippen molar-refractivity contribution >= 4 is 30.5 Å². The van der Waals surface area contributed by atoms with Crippen LogP contribution < -0.4 is 5.32 Å². The number of halogens is 3. The van der Waals surface area contributed by atoms with Crippen LogP contribution in [-0.2, 0) is 6.54 Å². The lowest BCUT2D eigenvalue weighted by atomic mass is 10.1. The van der Waals surface area contributed by atoms with Gasteiger partial charge in [0.25, 0.3) is 0 Å². The van der Waals surface area contributed by atoms with Gasteiger partial charge in [-0.3, -0.25) is 15.0 Å². The smallest absolute Gasteiger partial charge is 0.304 e. The maximum absolute atomic E-state index is 13.4. The second-order valence-electron chi connectivity index (χ2n) is 4.07. The van der Waals surface area contributed by atoms with Gasteiger partial charge in [-0.2, -0.15) is 4.39 Å². The Morgan fingerprint density at radius 3 is 2.47 bits per heavy atom. The largest absolute Gasteiger partial charge is 0.314 e. The molecule has 1 N–H and O–H groups in total. The van der Waals surface area contributed by atoms with Crippen molar-refractivity contribution < 1.29 is 9.31 Å². The summed E-state index contributed by atoms with van der Waals surface area (Å²) in [6.45, 7) is 4.32. The molecule has 0 radical (unpaired) electrons. The molecular formula is C11H16Cl2FN3O2. The lowest BCUT2D eigenvalue weighted by molar-refractivity contribution is -0.387. The highest BCUT2D eigenvalue weighted by Crippen LogP contribution is 2.18. The Hall–Kier alpha value is -0.950. The zero-order valence-electron chi connectivity index (χ0n) is 10.2. The first kappa shape index (κ1) is 18.0. The molecule has 5 nitrogen and oxygen atoms in total.